The van der Waals surface area contributed by atoms with Crippen LogP contribution in [-0.4, -0.2) is 59.0 Å². The van der Waals surface area contributed by atoms with E-state index in [0.717, 1.165) is 45.0 Å². The Bertz CT molecular complexity index is 484. The molecule has 122 valence electrons. The first-order valence-electron chi connectivity index (χ1n) is 7.93. The maximum absolute atomic E-state index is 11.7. The Morgan fingerprint density at radius 3 is 3.05 bits per heavy atom. The van der Waals surface area contributed by atoms with Gasteiger partial charge < -0.3 is 20.1 Å². The summed E-state index contributed by atoms with van der Waals surface area (Å²) in [5.74, 6) is 1.04. The van der Waals surface area contributed by atoms with Crippen LogP contribution in [0.5, 0.6) is 0 Å². The SMILES string of the molecule is CCC(=O)N1CCC(NC(=NC)NCCCn2ccnc2)C1. The van der Waals surface area contributed by atoms with Gasteiger partial charge in [-0.25, -0.2) is 4.98 Å². The largest absolute Gasteiger partial charge is 0.356 e. The van der Waals surface area contributed by atoms with Crippen LogP contribution in [-0.2, 0) is 11.3 Å². The van der Waals surface area contributed by atoms with E-state index in [-0.39, 0.29) is 11.9 Å². The number of aliphatic imine (C=N–C) groups is 1. The van der Waals surface area contributed by atoms with Crippen molar-refractivity contribution in [1.29, 1.82) is 0 Å². The minimum absolute atomic E-state index is 0.229. The highest BCUT2D eigenvalue weighted by atomic mass is 16.2. The highest BCUT2D eigenvalue weighted by molar-refractivity contribution is 5.80. The number of nitrogens with one attached hydrogen (secondary N) is 2. The van der Waals surface area contributed by atoms with E-state index in [9.17, 15) is 4.79 Å². The van der Waals surface area contributed by atoms with Gasteiger partial charge >= 0.3 is 0 Å². The molecule has 1 fully saturated rings. The summed E-state index contributed by atoms with van der Waals surface area (Å²) in [6.07, 6.45) is 8.13. The number of carbonyl (C=O) groups excluding carboxylic acids is 1. The Morgan fingerprint density at radius 1 is 1.50 bits per heavy atom. The molecule has 0 spiro atoms. The maximum Gasteiger partial charge on any atom is 0.222 e. The van der Waals surface area contributed by atoms with E-state index in [1.54, 1.807) is 13.2 Å². The van der Waals surface area contributed by atoms with E-state index in [0.29, 0.717) is 6.42 Å². The van der Waals surface area contributed by atoms with Crippen LogP contribution in [0.25, 0.3) is 0 Å². The van der Waals surface area contributed by atoms with Crippen molar-refractivity contribution in [2.75, 3.05) is 26.7 Å². The first-order valence-corrected chi connectivity index (χ1v) is 7.93. The average Bonchev–Trinajstić information content (AvgIpc) is 3.21. The number of aryl methyl sites for hydroxylation is 1. The first-order chi connectivity index (χ1) is 10.7. The zero-order valence-electron chi connectivity index (χ0n) is 13.5. The smallest absolute Gasteiger partial charge is 0.222 e. The summed E-state index contributed by atoms with van der Waals surface area (Å²) in [5, 5.41) is 6.71. The fraction of sp³-hybridized carbons (Fsp3) is 0.667. The lowest BCUT2D eigenvalue weighted by Crippen LogP contribution is -2.45. The number of imidazole rings is 1. The summed E-state index contributed by atoms with van der Waals surface area (Å²) < 4.78 is 2.06. The van der Waals surface area contributed by atoms with Crippen LogP contribution < -0.4 is 10.6 Å². The van der Waals surface area contributed by atoms with Crippen LogP contribution >= 0.6 is 0 Å². The quantitative estimate of drug-likeness (QED) is 0.455. The van der Waals surface area contributed by atoms with Gasteiger partial charge in [-0.05, 0) is 12.8 Å². The predicted molar refractivity (Wildman–Crippen MR) is 86.6 cm³/mol. The van der Waals surface area contributed by atoms with E-state index < -0.39 is 0 Å². The van der Waals surface area contributed by atoms with Crippen molar-refractivity contribution in [3.05, 3.63) is 18.7 Å². The van der Waals surface area contributed by atoms with Gasteiger partial charge in [-0.2, -0.15) is 0 Å². The third-order valence-corrected chi connectivity index (χ3v) is 3.85. The molecule has 1 atom stereocenters. The fourth-order valence-electron chi connectivity index (χ4n) is 2.60. The molecule has 0 saturated carbocycles. The molecule has 0 aliphatic carbocycles. The Labute approximate surface area is 131 Å². The Morgan fingerprint density at radius 2 is 2.36 bits per heavy atom. The molecule has 2 N–H and O–H groups in total. The molecule has 7 nitrogen and oxygen atoms in total. The van der Waals surface area contributed by atoms with E-state index >= 15 is 0 Å². The molecule has 0 aromatic carbocycles. The fourth-order valence-corrected chi connectivity index (χ4v) is 2.60. The molecule has 22 heavy (non-hydrogen) atoms. The standard InChI is InChI=1S/C15H26N6O/c1-3-14(22)21-9-5-13(11-21)19-15(16-2)18-6-4-8-20-10-7-17-12-20/h7,10,12-13H,3-6,8-9,11H2,1-2H3,(H2,16,18,19). The van der Waals surface area contributed by atoms with Gasteiger partial charge in [0.2, 0.25) is 5.91 Å². The molecule has 1 saturated heterocycles. The van der Waals surface area contributed by atoms with Crippen molar-refractivity contribution >= 4 is 11.9 Å². The summed E-state index contributed by atoms with van der Waals surface area (Å²) in [4.78, 5) is 21.9. The molecule has 1 amide bonds. The molecule has 2 rings (SSSR count). The van der Waals surface area contributed by atoms with Gasteiger partial charge in [-0.15, -0.1) is 0 Å². The van der Waals surface area contributed by atoms with Gasteiger partial charge in [0.1, 0.15) is 0 Å². The minimum Gasteiger partial charge on any atom is -0.356 e. The second kappa shape index (κ2) is 8.41. The molecule has 1 aliphatic rings. The molecule has 1 unspecified atom stereocenters. The maximum atomic E-state index is 11.7. The zero-order valence-corrected chi connectivity index (χ0v) is 13.5. The monoisotopic (exact) mass is 306 g/mol. The minimum atomic E-state index is 0.229. The van der Waals surface area contributed by atoms with Crippen LogP contribution in [0.15, 0.2) is 23.7 Å². The molecule has 0 radical (unpaired) electrons. The Hall–Kier alpha value is -2.05. The first kappa shape index (κ1) is 16.3. The van der Waals surface area contributed by atoms with E-state index in [2.05, 4.69) is 25.2 Å². The number of hydrogen-bond acceptors (Lipinski definition) is 3. The van der Waals surface area contributed by atoms with Crippen LogP contribution in [0.3, 0.4) is 0 Å². The summed E-state index contributed by atoms with van der Waals surface area (Å²) in [6.45, 7) is 5.29. The third-order valence-electron chi connectivity index (χ3n) is 3.85. The normalized spacial score (nSPS) is 18.5. The number of hydrogen-bond donors (Lipinski definition) is 2. The summed E-state index contributed by atoms with van der Waals surface area (Å²) in [7, 11) is 1.77. The summed E-state index contributed by atoms with van der Waals surface area (Å²) >= 11 is 0. The van der Waals surface area contributed by atoms with Crippen molar-refractivity contribution in [2.24, 2.45) is 4.99 Å². The second-order valence-electron chi connectivity index (χ2n) is 5.48. The van der Waals surface area contributed by atoms with Gasteiger partial charge in [-0.1, -0.05) is 6.92 Å². The number of rotatable bonds is 6. The molecular weight excluding hydrogens is 280 g/mol. The van der Waals surface area contributed by atoms with E-state index in [4.69, 9.17) is 0 Å². The van der Waals surface area contributed by atoms with Crippen molar-refractivity contribution in [2.45, 2.75) is 38.8 Å². The van der Waals surface area contributed by atoms with E-state index in [1.807, 2.05) is 24.3 Å². The topological polar surface area (TPSA) is 74.6 Å². The third kappa shape index (κ3) is 4.75. The molecular formula is C15H26N6O. The predicted octanol–water partition coefficient (Wildman–Crippen LogP) is 0.449. The van der Waals surface area contributed by atoms with Gasteiger partial charge in [0, 0.05) is 58.1 Å². The number of guanidine groups is 1. The van der Waals surface area contributed by atoms with Crippen LogP contribution in [0.4, 0.5) is 0 Å². The number of nitrogens with zero attached hydrogens (tertiary/aromatic N) is 4. The lowest BCUT2D eigenvalue weighted by atomic mass is 10.3. The van der Waals surface area contributed by atoms with Gasteiger partial charge in [0.15, 0.2) is 5.96 Å². The molecule has 1 aliphatic heterocycles. The lowest BCUT2D eigenvalue weighted by Gasteiger charge is -2.18. The van der Waals surface area contributed by atoms with Crippen LogP contribution in [0, 0.1) is 0 Å². The highest BCUT2D eigenvalue weighted by Crippen LogP contribution is 2.10. The summed E-state index contributed by atoms with van der Waals surface area (Å²) in [6, 6.07) is 0.287. The average molecular weight is 306 g/mol. The van der Waals surface area contributed by atoms with Crippen LogP contribution in [0.2, 0.25) is 0 Å². The van der Waals surface area contributed by atoms with Crippen molar-refractivity contribution in [1.82, 2.24) is 25.1 Å². The van der Waals surface area contributed by atoms with E-state index in [1.165, 1.54) is 0 Å². The van der Waals surface area contributed by atoms with Crippen molar-refractivity contribution in [3.8, 4) is 0 Å². The molecule has 1 aromatic rings. The highest BCUT2D eigenvalue weighted by Gasteiger charge is 2.25. The number of carbonyl (C=O) groups is 1. The number of amides is 1. The second-order valence-corrected chi connectivity index (χ2v) is 5.48. The Kier molecular flexibility index (Phi) is 6.24. The molecule has 0 bridgehead atoms. The molecule has 2 heterocycles. The van der Waals surface area contributed by atoms with Gasteiger partial charge in [-0.3, -0.25) is 9.79 Å². The van der Waals surface area contributed by atoms with Crippen molar-refractivity contribution < 1.29 is 4.79 Å². The van der Waals surface area contributed by atoms with Crippen molar-refractivity contribution in [3.63, 3.8) is 0 Å². The van der Waals surface area contributed by atoms with Crippen LogP contribution in [0.1, 0.15) is 26.2 Å². The summed E-state index contributed by atoms with van der Waals surface area (Å²) in [5.41, 5.74) is 0. The Balaban J connectivity index is 1.66. The number of aromatic nitrogens is 2. The number of likely N-dealkylation sites (tertiary alicyclic amines) is 1. The van der Waals surface area contributed by atoms with Gasteiger partial charge in [0.25, 0.3) is 0 Å². The van der Waals surface area contributed by atoms with Gasteiger partial charge in [0.05, 0.1) is 6.33 Å². The molecule has 7 heteroatoms. The zero-order chi connectivity index (χ0) is 15.8. The lowest BCUT2D eigenvalue weighted by molar-refractivity contribution is -0.129. The molecule has 1 aromatic heterocycles.